The second kappa shape index (κ2) is 8.53. The summed E-state index contributed by atoms with van der Waals surface area (Å²) >= 11 is 0. The summed E-state index contributed by atoms with van der Waals surface area (Å²) in [6.45, 7) is 0.774. The van der Waals surface area contributed by atoms with Crippen LogP contribution in [-0.2, 0) is 31.7 Å². The highest BCUT2D eigenvalue weighted by molar-refractivity contribution is 7.90. The number of aromatic nitrogens is 1. The van der Waals surface area contributed by atoms with Gasteiger partial charge in [-0.15, -0.1) is 0 Å². The molecule has 0 aliphatic rings. The van der Waals surface area contributed by atoms with Gasteiger partial charge in [-0.05, 0) is 23.8 Å². The lowest BCUT2D eigenvalue weighted by Crippen LogP contribution is -2.30. The van der Waals surface area contributed by atoms with E-state index in [0.29, 0.717) is 29.6 Å². The van der Waals surface area contributed by atoms with Crippen molar-refractivity contribution in [3.8, 4) is 0 Å². The number of para-hydroxylation sites is 1. The number of methoxy groups -OCH3 is 1. The number of benzene rings is 2. The molecular formula is C20H21FN2O4S. The zero-order valence-corrected chi connectivity index (χ0v) is 16.2. The van der Waals surface area contributed by atoms with Crippen molar-refractivity contribution < 1.29 is 22.3 Å². The van der Waals surface area contributed by atoms with Gasteiger partial charge in [-0.3, -0.25) is 4.79 Å². The molecule has 0 aliphatic carbocycles. The van der Waals surface area contributed by atoms with Gasteiger partial charge in [0.25, 0.3) is 0 Å². The molecule has 0 saturated carbocycles. The average Bonchev–Trinajstić information content (AvgIpc) is 3.03. The van der Waals surface area contributed by atoms with Gasteiger partial charge >= 0.3 is 0 Å². The maximum absolute atomic E-state index is 13.1. The molecule has 0 atom stereocenters. The fourth-order valence-electron chi connectivity index (χ4n) is 2.97. The normalized spacial score (nSPS) is 11.6. The van der Waals surface area contributed by atoms with E-state index in [2.05, 4.69) is 5.32 Å². The molecule has 1 heterocycles. The molecule has 148 valence electrons. The molecule has 8 heteroatoms. The monoisotopic (exact) mass is 404 g/mol. The first-order valence-corrected chi connectivity index (χ1v) is 10.4. The average molecular weight is 404 g/mol. The quantitative estimate of drug-likeness (QED) is 0.586. The van der Waals surface area contributed by atoms with E-state index in [1.54, 1.807) is 35.9 Å². The number of nitrogens with one attached hydrogen (secondary N) is 1. The van der Waals surface area contributed by atoms with Crippen molar-refractivity contribution in [1.29, 1.82) is 0 Å². The number of amides is 1. The van der Waals surface area contributed by atoms with Crippen LogP contribution < -0.4 is 5.32 Å². The Morgan fingerprint density at radius 2 is 1.86 bits per heavy atom. The predicted molar refractivity (Wildman–Crippen MR) is 104 cm³/mol. The molecule has 3 rings (SSSR count). The topological polar surface area (TPSA) is 77.4 Å². The second-order valence-electron chi connectivity index (χ2n) is 6.37. The molecule has 1 aromatic heterocycles. The number of hydrogen-bond acceptors (Lipinski definition) is 4. The Kier molecular flexibility index (Phi) is 6.11. The van der Waals surface area contributed by atoms with Crippen LogP contribution in [0, 0.1) is 5.82 Å². The third kappa shape index (κ3) is 4.58. The van der Waals surface area contributed by atoms with Crippen molar-refractivity contribution in [2.24, 2.45) is 0 Å². The molecule has 0 bridgehead atoms. The van der Waals surface area contributed by atoms with Crippen molar-refractivity contribution in [1.82, 2.24) is 9.88 Å². The number of carbonyl (C=O) groups is 1. The Balaban J connectivity index is 1.90. The maximum atomic E-state index is 13.1. The summed E-state index contributed by atoms with van der Waals surface area (Å²) in [4.78, 5) is 12.3. The molecule has 6 nitrogen and oxygen atoms in total. The van der Waals surface area contributed by atoms with Crippen molar-refractivity contribution >= 4 is 26.6 Å². The van der Waals surface area contributed by atoms with Crippen molar-refractivity contribution in [3.05, 3.63) is 66.1 Å². The highest BCUT2D eigenvalue weighted by Gasteiger charge is 2.22. The van der Waals surface area contributed by atoms with E-state index in [1.807, 2.05) is 0 Å². The molecular weight excluding hydrogens is 383 g/mol. The van der Waals surface area contributed by atoms with Crippen LogP contribution in [0.5, 0.6) is 0 Å². The molecule has 0 radical (unpaired) electrons. The summed E-state index contributed by atoms with van der Waals surface area (Å²) in [7, 11) is -2.14. The van der Waals surface area contributed by atoms with Gasteiger partial charge in [-0.25, -0.2) is 12.8 Å². The third-order valence-electron chi connectivity index (χ3n) is 4.30. The Labute approximate surface area is 162 Å². The minimum absolute atomic E-state index is 0.00367. The number of fused-ring (bicyclic) bond motifs is 1. The van der Waals surface area contributed by atoms with Gasteiger partial charge in [0.15, 0.2) is 9.84 Å². The van der Waals surface area contributed by atoms with Gasteiger partial charge in [0, 0.05) is 30.8 Å². The molecule has 1 amide bonds. The zero-order valence-electron chi connectivity index (χ0n) is 15.4. The molecule has 1 N–H and O–H groups in total. The van der Waals surface area contributed by atoms with Crippen LogP contribution in [0.1, 0.15) is 5.56 Å². The number of hydrogen-bond donors (Lipinski definition) is 1. The smallest absolute Gasteiger partial charge is 0.240 e. The van der Waals surface area contributed by atoms with Crippen LogP contribution in [0.15, 0.2) is 59.6 Å². The Bertz CT molecular complexity index is 1080. The van der Waals surface area contributed by atoms with Crippen LogP contribution in [0.4, 0.5) is 4.39 Å². The summed E-state index contributed by atoms with van der Waals surface area (Å²) < 4.78 is 45.6. The van der Waals surface area contributed by atoms with E-state index in [-0.39, 0.29) is 23.1 Å². The van der Waals surface area contributed by atoms with Gasteiger partial charge in [0.1, 0.15) is 12.4 Å². The van der Waals surface area contributed by atoms with Crippen molar-refractivity contribution in [3.63, 3.8) is 0 Å². The largest absolute Gasteiger partial charge is 0.383 e. The van der Waals surface area contributed by atoms with Gasteiger partial charge < -0.3 is 14.6 Å². The van der Waals surface area contributed by atoms with E-state index in [0.717, 1.165) is 0 Å². The van der Waals surface area contributed by atoms with Crippen LogP contribution in [-0.4, -0.2) is 39.2 Å². The Morgan fingerprint density at radius 1 is 1.14 bits per heavy atom. The predicted octanol–water partition coefficient (Wildman–Crippen LogP) is 2.52. The lowest BCUT2D eigenvalue weighted by atomic mass is 10.2. The summed E-state index contributed by atoms with van der Waals surface area (Å²) in [6, 6.07) is 12.4. The number of sulfone groups is 1. The van der Waals surface area contributed by atoms with Gasteiger partial charge in [-0.1, -0.05) is 30.3 Å². The molecule has 0 fully saturated rings. The minimum Gasteiger partial charge on any atom is -0.383 e. The fraction of sp³-hybridized carbons (Fsp3) is 0.250. The standard InChI is InChI=1S/C20H21FN2O4S/c1-27-11-10-22-20(24)13-23-12-19(17-4-2-3-5-18(17)23)28(25,26)14-15-6-8-16(21)9-7-15/h2-9,12H,10-11,13-14H2,1H3,(H,22,24). The highest BCUT2D eigenvalue weighted by atomic mass is 32.2. The Hall–Kier alpha value is -2.71. The van der Waals surface area contributed by atoms with E-state index in [1.165, 1.54) is 30.5 Å². The number of nitrogens with zero attached hydrogens (tertiary/aromatic N) is 1. The molecule has 0 spiro atoms. The van der Waals surface area contributed by atoms with E-state index in [9.17, 15) is 17.6 Å². The molecule has 2 aromatic carbocycles. The van der Waals surface area contributed by atoms with E-state index >= 15 is 0 Å². The minimum atomic E-state index is -3.68. The number of carbonyl (C=O) groups excluding carboxylic acids is 1. The molecule has 0 aliphatic heterocycles. The first-order chi connectivity index (χ1) is 13.4. The SMILES string of the molecule is COCCNC(=O)Cn1cc(S(=O)(=O)Cc2ccc(F)cc2)c2ccccc21. The first kappa shape index (κ1) is 20.0. The molecule has 0 unspecified atom stereocenters. The van der Waals surface area contributed by atoms with E-state index < -0.39 is 15.7 Å². The third-order valence-corrected chi connectivity index (χ3v) is 6.01. The number of ether oxygens (including phenoxy) is 1. The maximum Gasteiger partial charge on any atom is 0.240 e. The summed E-state index contributed by atoms with van der Waals surface area (Å²) in [6.07, 6.45) is 1.49. The molecule has 28 heavy (non-hydrogen) atoms. The molecule has 0 saturated heterocycles. The summed E-state index contributed by atoms with van der Waals surface area (Å²) in [5.41, 5.74) is 1.15. The van der Waals surface area contributed by atoms with Crippen molar-refractivity contribution in [2.45, 2.75) is 17.2 Å². The fourth-order valence-corrected chi connectivity index (χ4v) is 4.55. The lowest BCUT2D eigenvalue weighted by molar-refractivity contribution is -0.121. The lowest BCUT2D eigenvalue weighted by Gasteiger charge is -2.06. The number of rotatable bonds is 8. The van der Waals surface area contributed by atoms with E-state index in [4.69, 9.17) is 4.74 Å². The van der Waals surface area contributed by atoms with Crippen molar-refractivity contribution in [2.75, 3.05) is 20.3 Å². The van der Waals surface area contributed by atoms with Crippen LogP contribution in [0.25, 0.3) is 10.9 Å². The molecule has 3 aromatic rings. The zero-order chi connectivity index (χ0) is 20.1. The highest BCUT2D eigenvalue weighted by Crippen LogP contribution is 2.28. The van der Waals surface area contributed by atoms with Gasteiger partial charge in [-0.2, -0.15) is 0 Å². The number of halogens is 1. The van der Waals surface area contributed by atoms with Gasteiger partial charge in [0.05, 0.1) is 17.3 Å². The van der Waals surface area contributed by atoms with Crippen LogP contribution in [0.3, 0.4) is 0 Å². The second-order valence-corrected chi connectivity index (χ2v) is 8.32. The summed E-state index contributed by atoms with van der Waals surface area (Å²) in [5, 5.41) is 3.27. The Morgan fingerprint density at radius 3 is 2.57 bits per heavy atom. The first-order valence-electron chi connectivity index (χ1n) is 8.71. The van der Waals surface area contributed by atoms with Gasteiger partial charge in [0.2, 0.25) is 5.91 Å². The summed E-state index contributed by atoms with van der Waals surface area (Å²) in [5.74, 6) is -0.904. The van der Waals surface area contributed by atoms with Crippen LogP contribution >= 0.6 is 0 Å². The van der Waals surface area contributed by atoms with Crippen LogP contribution in [0.2, 0.25) is 0 Å².